The molecule has 0 unspecified atom stereocenters. The van der Waals surface area contributed by atoms with Gasteiger partial charge in [-0.2, -0.15) is 0 Å². The van der Waals surface area contributed by atoms with Crippen LogP contribution in [-0.2, 0) is 12.0 Å². The zero-order valence-electron chi connectivity index (χ0n) is 14.1. The van der Waals surface area contributed by atoms with Crippen molar-refractivity contribution in [3.05, 3.63) is 59.7 Å². The number of hydrogen-bond acceptors (Lipinski definition) is 3. The molecule has 3 nitrogen and oxygen atoms in total. The lowest BCUT2D eigenvalue weighted by atomic mass is 9.68. The highest BCUT2D eigenvalue weighted by Gasteiger charge is 2.38. The van der Waals surface area contributed by atoms with Gasteiger partial charge in [-0.3, -0.25) is 4.90 Å². The van der Waals surface area contributed by atoms with Crippen LogP contribution in [0.25, 0.3) is 0 Å². The molecule has 1 aliphatic heterocycles. The minimum absolute atomic E-state index is 0.162. The fourth-order valence-electron chi connectivity index (χ4n) is 3.66. The van der Waals surface area contributed by atoms with Gasteiger partial charge in [-0.15, -0.1) is 0 Å². The molecule has 4 N–H and O–H groups in total. The minimum Gasteiger partial charge on any atom is -0.397 e. The molecule has 1 saturated heterocycles. The van der Waals surface area contributed by atoms with Crippen molar-refractivity contribution in [2.45, 2.75) is 32.2 Å². The summed E-state index contributed by atoms with van der Waals surface area (Å²) < 4.78 is 0. The summed E-state index contributed by atoms with van der Waals surface area (Å²) in [5.41, 5.74) is 16.1. The van der Waals surface area contributed by atoms with E-state index >= 15 is 0 Å². The number of likely N-dealkylation sites (tertiary alicyclic amines) is 1. The second kappa shape index (κ2) is 6.25. The van der Waals surface area contributed by atoms with Gasteiger partial charge in [0.25, 0.3) is 0 Å². The number of nitrogen functional groups attached to an aromatic ring is 2. The Morgan fingerprint density at radius 1 is 1.09 bits per heavy atom. The van der Waals surface area contributed by atoms with E-state index in [4.69, 9.17) is 11.5 Å². The van der Waals surface area contributed by atoms with Crippen LogP contribution in [0.4, 0.5) is 11.4 Å². The predicted molar refractivity (Wildman–Crippen MR) is 98.1 cm³/mol. The Morgan fingerprint density at radius 2 is 1.83 bits per heavy atom. The Kier molecular flexibility index (Phi) is 4.31. The molecule has 2 aromatic rings. The van der Waals surface area contributed by atoms with Gasteiger partial charge in [0.1, 0.15) is 0 Å². The van der Waals surface area contributed by atoms with Crippen molar-refractivity contribution in [1.29, 1.82) is 0 Å². The summed E-state index contributed by atoms with van der Waals surface area (Å²) in [5, 5.41) is 0. The number of nitrogens with zero attached hydrogens (tertiary/aromatic N) is 1. The first kappa shape index (κ1) is 15.9. The zero-order valence-corrected chi connectivity index (χ0v) is 14.1. The highest BCUT2D eigenvalue weighted by Crippen LogP contribution is 2.40. The Hall–Kier alpha value is -2.00. The van der Waals surface area contributed by atoms with Crippen molar-refractivity contribution < 1.29 is 0 Å². The normalized spacial score (nSPS) is 25.4. The van der Waals surface area contributed by atoms with Crippen LogP contribution in [0.2, 0.25) is 0 Å². The molecule has 0 amide bonds. The quantitative estimate of drug-likeness (QED) is 0.851. The first-order valence-corrected chi connectivity index (χ1v) is 8.41. The van der Waals surface area contributed by atoms with Gasteiger partial charge >= 0.3 is 0 Å². The molecule has 1 heterocycles. The summed E-state index contributed by atoms with van der Waals surface area (Å²) in [5.74, 6) is 0.572. The topological polar surface area (TPSA) is 55.3 Å². The van der Waals surface area contributed by atoms with Crippen molar-refractivity contribution in [2.75, 3.05) is 24.6 Å². The van der Waals surface area contributed by atoms with E-state index in [1.165, 1.54) is 11.1 Å². The third-order valence-corrected chi connectivity index (χ3v) is 5.56. The fourth-order valence-corrected chi connectivity index (χ4v) is 3.66. The molecular weight excluding hydrogens is 282 g/mol. The summed E-state index contributed by atoms with van der Waals surface area (Å²) in [4.78, 5) is 2.56. The number of benzene rings is 2. The largest absolute Gasteiger partial charge is 0.397 e. The molecule has 3 rings (SSSR count). The maximum absolute atomic E-state index is 6.03. The molecule has 122 valence electrons. The van der Waals surface area contributed by atoms with E-state index in [0.29, 0.717) is 17.3 Å². The molecule has 1 fully saturated rings. The van der Waals surface area contributed by atoms with E-state index < -0.39 is 0 Å². The van der Waals surface area contributed by atoms with E-state index in [1.54, 1.807) is 0 Å². The fraction of sp³-hybridized carbons (Fsp3) is 0.400. The average molecular weight is 309 g/mol. The number of nitrogens with two attached hydrogens (primary N) is 2. The molecule has 2 aromatic carbocycles. The maximum Gasteiger partial charge on any atom is 0.0550 e. The van der Waals surface area contributed by atoms with Gasteiger partial charge in [0.05, 0.1) is 11.4 Å². The lowest BCUT2D eigenvalue weighted by molar-refractivity contribution is 0.105. The molecule has 1 aliphatic rings. The number of rotatable bonds is 3. The third-order valence-electron chi connectivity index (χ3n) is 5.56. The van der Waals surface area contributed by atoms with Crippen molar-refractivity contribution >= 4 is 11.4 Å². The van der Waals surface area contributed by atoms with E-state index in [2.05, 4.69) is 61.2 Å². The summed E-state index contributed by atoms with van der Waals surface area (Å²) in [7, 11) is 0. The molecule has 0 bridgehead atoms. The van der Waals surface area contributed by atoms with Gasteiger partial charge in [0, 0.05) is 13.1 Å². The van der Waals surface area contributed by atoms with E-state index in [0.717, 1.165) is 26.1 Å². The Bertz CT molecular complexity index is 668. The molecule has 3 heteroatoms. The van der Waals surface area contributed by atoms with E-state index in [1.807, 2.05) is 6.07 Å². The van der Waals surface area contributed by atoms with Crippen molar-refractivity contribution in [2.24, 2.45) is 5.92 Å². The van der Waals surface area contributed by atoms with Gasteiger partial charge < -0.3 is 11.5 Å². The van der Waals surface area contributed by atoms with Crippen LogP contribution < -0.4 is 11.5 Å². The summed E-state index contributed by atoms with van der Waals surface area (Å²) in [6.45, 7) is 7.97. The molecule has 0 aromatic heterocycles. The monoisotopic (exact) mass is 309 g/mol. The van der Waals surface area contributed by atoms with Crippen LogP contribution in [0.1, 0.15) is 31.4 Å². The van der Waals surface area contributed by atoms with Crippen LogP contribution >= 0.6 is 0 Å². The van der Waals surface area contributed by atoms with Crippen LogP contribution in [0.15, 0.2) is 48.5 Å². The molecular formula is C20H27N3. The van der Waals surface area contributed by atoms with E-state index in [9.17, 15) is 0 Å². The second-order valence-corrected chi connectivity index (χ2v) is 7.13. The van der Waals surface area contributed by atoms with Gasteiger partial charge in [-0.05, 0) is 47.6 Å². The van der Waals surface area contributed by atoms with E-state index in [-0.39, 0.29) is 5.41 Å². The van der Waals surface area contributed by atoms with Gasteiger partial charge in [-0.1, -0.05) is 50.2 Å². The summed E-state index contributed by atoms with van der Waals surface area (Å²) in [6, 6.07) is 16.9. The molecule has 0 aliphatic carbocycles. The van der Waals surface area contributed by atoms with Gasteiger partial charge in [0.2, 0.25) is 0 Å². The van der Waals surface area contributed by atoms with Crippen LogP contribution in [0.3, 0.4) is 0 Å². The Labute approximate surface area is 139 Å². The summed E-state index contributed by atoms with van der Waals surface area (Å²) >= 11 is 0. The highest BCUT2D eigenvalue weighted by molar-refractivity contribution is 5.64. The van der Waals surface area contributed by atoms with Crippen molar-refractivity contribution in [3.8, 4) is 0 Å². The molecule has 0 spiro atoms. The average Bonchev–Trinajstić information content (AvgIpc) is 2.55. The zero-order chi connectivity index (χ0) is 16.4. The second-order valence-electron chi connectivity index (χ2n) is 7.13. The maximum atomic E-state index is 6.03. The standard InChI is InChI=1S/C20H27N3/c1-15-13-23(14-16-6-4-3-5-7-16)11-10-20(15,2)17-8-9-18(21)19(22)12-17/h3-9,12,15H,10-11,13-14,21-22H2,1-2H3/t15-,20-/m0/s1. The van der Waals surface area contributed by atoms with Crippen molar-refractivity contribution in [1.82, 2.24) is 4.90 Å². The summed E-state index contributed by atoms with van der Waals surface area (Å²) in [6.07, 6.45) is 1.14. The van der Waals surface area contributed by atoms with Crippen LogP contribution in [0.5, 0.6) is 0 Å². The number of hydrogen-bond donors (Lipinski definition) is 2. The third kappa shape index (κ3) is 3.20. The first-order valence-electron chi connectivity index (χ1n) is 8.41. The first-order chi connectivity index (χ1) is 11.0. The van der Waals surface area contributed by atoms with Crippen molar-refractivity contribution in [3.63, 3.8) is 0 Å². The number of piperidine rings is 1. The smallest absolute Gasteiger partial charge is 0.0550 e. The molecule has 23 heavy (non-hydrogen) atoms. The Morgan fingerprint density at radius 3 is 2.48 bits per heavy atom. The van der Waals surface area contributed by atoms with Gasteiger partial charge in [-0.25, -0.2) is 0 Å². The molecule has 0 saturated carbocycles. The highest BCUT2D eigenvalue weighted by atomic mass is 15.1. The lowest BCUT2D eigenvalue weighted by Gasteiger charge is -2.45. The SMILES string of the molecule is C[C@H]1CN(Cc2ccccc2)CC[C@]1(C)c1ccc(N)c(N)c1. The Balaban J connectivity index is 1.73. The van der Waals surface area contributed by atoms with Crippen LogP contribution in [0, 0.1) is 5.92 Å². The molecule has 0 radical (unpaired) electrons. The number of anilines is 2. The molecule has 2 atom stereocenters. The van der Waals surface area contributed by atoms with Gasteiger partial charge in [0.15, 0.2) is 0 Å². The predicted octanol–water partition coefficient (Wildman–Crippen LogP) is 3.65. The lowest BCUT2D eigenvalue weighted by Crippen LogP contribution is -2.46. The minimum atomic E-state index is 0.162. The van der Waals surface area contributed by atoms with Crippen LogP contribution in [-0.4, -0.2) is 18.0 Å².